The summed E-state index contributed by atoms with van der Waals surface area (Å²) in [5.74, 6) is 0.942. The van der Waals surface area contributed by atoms with E-state index < -0.39 is 0 Å². The van der Waals surface area contributed by atoms with Crippen molar-refractivity contribution in [1.82, 2.24) is 20.8 Å². The van der Waals surface area contributed by atoms with Crippen LogP contribution in [0.1, 0.15) is 11.5 Å². The maximum Gasteiger partial charge on any atom is 0.237 e. The first kappa shape index (κ1) is 14.2. The Bertz CT molecular complexity index is 671. The molecule has 7 heteroatoms. The Morgan fingerprint density at radius 3 is 3.05 bits per heavy atom. The number of carbonyl (C=O) groups is 1. The molecule has 3 rings (SSSR count). The number of benzene rings is 1. The lowest BCUT2D eigenvalue weighted by atomic mass is 10.1. The number of hydrogen-bond acceptors (Lipinski definition) is 5. The topological polar surface area (TPSA) is 80.0 Å². The highest BCUT2D eigenvalue weighted by Gasteiger charge is 2.24. The van der Waals surface area contributed by atoms with Gasteiger partial charge in [0.25, 0.3) is 0 Å². The van der Waals surface area contributed by atoms with Crippen molar-refractivity contribution in [2.45, 2.75) is 19.4 Å². The van der Waals surface area contributed by atoms with Gasteiger partial charge in [-0.05, 0) is 24.6 Å². The molecule has 1 atom stereocenters. The third-order valence-electron chi connectivity index (χ3n) is 3.34. The fourth-order valence-corrected chi connectivity index (χ4v) is 2.91. The lowest BCUT2D eigenvalue weighted by Crippen LogP contribution is -2.53. The molecule has 6 nitrogen and oxygen atoms in total. The number of nitrogens with one attached hydrogen (secondary N) is 2. The first-order chi connectivity index (χ1) is 10.1. The number of aromatic nitrogens is 2. The van der Waals surface area contributed by atoms with Gasteiger partial charge in [-0.1, -0.05) is 27.2 Å². The zero-order valence-electron chi connectivity index (χ0n) is 11.5. The Labute approximate surface area is 130 Å². The van der Waals surface area contributed by atoms with Gasteiger partial charge in [-0.2, -0.15) is 4.98 Å². The zero-order valence-corrected chi connectivity index (χ0v) is 13.1. The van der Waals surface area contributed by atoms with E-state index in [0.29, 0.717) is 24.7 Å². The maximum atomic E-state index is 11.7. The third kappa shape index (κ3) is 3.14. The molecule has 1 amide bonds. The molecule has 1 saturated heterocycles. The molecule has 0 spiro atoms. The Morgan fingerprint density at radius 2 is 2.29 bits per heavy atom. The van der Waals surface area contributed by atoms with Gasteiger partial charge in [-0.15, -0.1) is 0 Å². The minimum atomic E-state index is -0.312. The normalized spacial score (nSPS) is 18.6. The molecular formula is C14H15BrN4O2. The van der Waals surface area contributed by atoms with Crippen molar-refractivity contribution in [3.05, 3.63) is 34.1 Å². The van der Waals surface area contributed by atoms with E-state index >= 15 is 0 Å². The molecule has 1 aromatic carbocycles. The monoisotopic (exact) mass is 350 g/mol. The van der Waals surface area contributed by atoms with Crippen molar-refractivity contribution in [2.24, 2.45) is 0 Å². The number of carbonyl (C=O) groups excluding carboxylic acids is 1. The molecule has 1 aliphatic heterocycles. The summed E-state index contributed by atoms with van der Waals surface area (Å²) in [7, 11) is 0. The van der Waals surface area contributed by atoms with Gasteiger partial charge < -0.3 is 15.2 Å². The van der Waals surface area contributed by atoms with Crippen LogP contribution in [0.2, 0.25) is 0 Å². The predicted molar refractivity (Wildman–Crippen MR) is 80.7 cm³/mol. The second-order valence-electron chi connectivity index (χ2n) is 5.00. The molecule has 1 unspecified atom stereocenters. The Balaban J connectivity index is 1.78. The summed E-state index contributed by atoms with van der Waals surface area (Å²) in [6.45, 7) is 3.42. The lowest BCUT2D eigenvalue weighted by Gasteiger charge is -2.21. The third-order valence-corrected chi connectivity index (χ3v) is 4.00. The Hall–Kier alpha value is -1.73. The number of hydrogen-bond donors (Lipinski definition) is 2. The second kappa shape index (κ2) is 5.95. The maximum absolute atomic E-state index is 11.7. The van der Waals surface area contributed by atoms with Gasteiger partial charge in [-0.3, -0.25) is 4.79 Å². The summed E-state index contributed by atoms with van der Waals surface area (Å²) in [6, 6.07) is 5.63. The van der Waals surface area contributed by atoms with Crippen LogP contribution >= 0.6 is 15.9 Å². The van der Waals surface area contributed by atoms with E-state index in [1.54, 1.807) is 0 Å². The van der Waals surface area contributed by atoms with Gasteiger partial charge in [0.15, 0.2) is 0 Å². The summed E-state index contributed by atoms with van der Waals surface area (Å²) in [6.07, 6.45) is 0.391. The second-order valence-corrected chi connectivity index (χ2v) is 5.85. The average molecular weight is 351 g/mol. The number of piperazine rings is 1. The number of rotatable bonds is 3. The standard InChI is InChI=1S/C14H15BrN4O2/c1-8-2-3-9(10(15)6-8)13-18-12(21-19-13)7-11-14(20)17-5-4-16-11/h2-3,6,11,16H,4-5,7H2,1H3,(H,17,20). The number of amides is 1. The van der Waals surface area contributed by atoms with Gasteiger partial charge in [0.05, 0.1) is 12.5 Å². The lowest BCUT2D eigenvalue weighted by molar-refractivity contribution is -0.124. The highest BCUT2D eigenvalue weighted by atomic mass is 79.9. The average Bonchev–Trinajstić information content (AvgIpc) is 2.90. The fourth-order valence-electron chi connectivity index (χ4n) is 2.24. The molecule has 0 bridgehead atoms. The van der Waals surface area contributed by atoms with E-state index in [2.05, 4.69) is 36.7 Å². The molecule has 0 radical (unpaired) electrons. The number of nitrogens with zero attached hydrogens (tertiary/aromatic N) is 2. The number of aryl methyl sites for hydroxylation is 1. The van der Waals surface area contributed by atoms with E-state index in [-0.39, 0.29) is 11.9 Å². The van der Waals surface area contributed by atoms with Crippen LogP contribution in [0.5, 0.6) is 0 Å². The van der Waals surface area contributed by atoms with Crippen LogP contribution in [0.25, 0.3) is 11.4 Å². The molecule has 2 N–H and O–H groups in total. The van der Waals surface area contributed by atoms with Crippen LogP contribution in [-0.2, 0) is 11.2 Å². The summed E-state index contributed by atoms with van der Waals surface area (Å²) in [4.78, 5) is 16.1. The molecule has 2 aromatic rings. The van der Waals surface area contributed by atoms with Crippen molar-refractivity contribution < 1.29 is 9.32 Å². The van der Waals surface area contributed by atoms with Crippen molar-refractivity contribution in [3.8, 4) is 11.4 Å². The molecule has 1 aromatic heterocycles. The minimum absolute atomic E-state index is 0.0301. The van der Waals surface area contributed by atoms with Crippen LogP contribution < -0.4 is 10.6 Å². The summed E-state index contributed by atoms with van der Waals surface area (Å²) in [5.41, 5.74) is 2.02. The molecule has 110 valence electrons. The molecule has 1 fully saturated rings. The van der Waals surface area contributed by atoms with Crippen LogP contribution in [0.15, 0.2) is 27.2 Å². The van der Waals surface area contributed by atoms with Crippen molar-refractivity contribution in [2.75, 3.05) is 13.1 Å². The molecule has 2 heterocycles. The van der Waals surface area contributed by atoms with Crippen LogP contribution in [0.3, 0.4) is 0 Å². The van der Waals surface area contributed by atoms with Gasteiger partial charge in [0.2, 0.25) is 17.6 Å². The summed E-state index contributed by atoms with van der Waals surface area (Å²) >= 11 is 3.50. The molecule has 0 saturated carbocycles. The summed E-state index contributed by atoms with van der Waals surface area (Å²) in [5, 5.41) is 9.94. The highest BCUT2D eigenvalue weighted by Crippen LogP contribution is 2.27. The van der Waals surface area contributed by atoms with Crippen LogP contribution in [0.4, 0.5) is 0 Å². The summed E-state index contributed by atoms with van der Waals surface area (Å²) < 4.78 is 6.17. The first-order valence-electron chi connectivity index (χ1n) is 6.73. The molecule has 1 aliphatic rings. The minimum Gasteiger partial charge on any atom is -0.353 e. The van der Waals surface area contributed by atoms with E-state index in [9.17, 15) is 4.79 Å². The van der Waals surface area contributed by atoms with Gasteiger partial charge in [0.1, 0.15) is 0 Å². The van der Waals surface area contributed by atoms with Crippen molar-refractivity contribution >= 4 is 21.8 Å². The smallest absolute Gasteiger partial charge is 0.237 e. The van der Waals surface area contributed by atoms with Crippen LogP contribution in [0, 0.1) is 6.92 Å². The van der Waals surface area contributed by atoms with Gasteiger partial charge in [0, 0.05) is 23.1 Å². The van der Waals surface area contributed by atoms with E-state index in [1.165, 1.54) is 0 Å². The Morgan fingerprint density at radius 1 is 1.43 bits per heavy atom. The highest BCUT2D eigenvalue weighted by molar-refractivity contribution is 9.10. The SMILES string of the molecule is Cc1ccc(-c2noc(CC3NCCNC3=O)n2)c(Br)c1. The molecule has 21 heavy (non-hydrogen) atoms. The van der Waals surface area contributed by atoms with Crippen molar-refractivity contribution in [1.29, 1.82) is 0 Å². The van der Waals surface area contributed by atoms with E-state index in [4.69, 9.17) is 4.52 Å². The fraction of sp³-hybridized carbons (Fsp3) is 0.357. The zero-order chi connectivity index (χ0) is 14.8. The predicted octanol–water partition coefficient (Wildman–Crippen LogP) is 1.44. The molecular weight excluding hydrogens is 336 g/mol. The van der Waals surface area contributed by atoms with Crippen molar-refractivity contribution in [3.63, 3.8) is 0 Å². The molecule has 0 aliphatic carbocycles. The van der Waals surface area contributed by atoms with E-state index in [1.807, 2.05) is 25.1 Å². The van der Waals surface area contributed by atoms with Gasteiger partial charge in [-0.25, -0.2) is 0 Å². The number of halogens is 1. The van der Waals surface area contributed by atoms with Crippen LogP contribution in [-0.4, -0.2) is 35.2 Å². The quantitative estimate of drug-likeness (QED) is 0.875. The van der Waals surface area contributed by atoms with E-state index in [0.717, 1.165) is 22.1 Å². The Kier molecular flexibility index (Phi) is 4.03. The first-order valence-corrected chi connectivity index (χ1v) is 7.53. The largest absolute Gasteiger partial charge is 0.353 e. The van der Waals surface area contributed by atoms with Gasteiger partial charge >= 0.3 is 0 Å².